The summed E-state index contributed by atoms with van der Waals surface area (Å²) in [4.78, 5) is 2.56. The standard InChI is InChI=1S/C10H21N.C6H6.C2H6/c1-3-5-10-6-8-11(4-2)9-7-10;1-2-4-6-5-3-1;1-2/h10H,3-9H2,1-2H3;1-6H;1-2H3. The zero-order chi connectivity index (χ0) is 14.3. The molecule has 0 bridgehead atoms. The average molecular weight is 263 g/mol. The SMILES string of the molecule is CC.CCCC1CCN(CC)CC1.c1ccccc1. The van der Waals surface area contributed by atoms with E-state index >= 15 is 0 Å². The lowest BCUT2D eigenvalue weighted by Gasteiger charge is -2.30. The fourth-order valence-electron chi connectivity index (χ4n) is 2.38. The molecule has 1 aliphatic heterocycles. The minimum absolute atomic E-state index is 1.04. The van der Waals surface area contributed by atoms with Crippen molar-refractivity contribution in [3.8, 4) is 0 Å². The van der Waals surface area contributed by atoms with Crippen LogP contribution < -0.4 is 0 Å². The van der Waals surface area contributed by atoms with E-state index in [0.29, 0.717) is 0 Å². The molecule has 1 aromatic rings. The van der Waals surface area contributed by atoms with Crippen molar-refractivity contribution in [3.05, 3.63) is 36.4 Å². The lowest BCUT2D eigenvalue weighted by molar-refractivity contribution is 0.186. The second-order valence-electron chi connectivity index (χ2n) is 4.82. The van der Waals surface area contributed by atoms with Gasteiger partial charge < -0.3 is 4.90 Å². The van der Waals surface area contributed by atoms with Crippen molar-refractivity contribution in [1.29, 1.82) is 0 Å². The van der Waals surface area contributed by atoms with Gasteiger partial charge in [-0.1, -0.05) is 76.9 Å². The summed E-state index contributed by atoms with van der Waals surface area (Å²) in [5.74, 6) is 1.04. The Morgan fingerprint density at radius 2 is 1.26 bits per heavy atom. The molecule has 1 fully saturated rings. The first-order valence-corrected chi connectivity index (χ1v) is 8.09. The Bertz CT molecular complexity index is 223. The number of benzene rings is 1. The first-order chi connectivity index (χ1) is 9.36. The number of nitrogens with zero attached hydrogens (tertiary/aromatic N) is 1. The largest absolute Gasteiger partial charge is 0.304 e. The zero-order valence-electron chi connectivity index (χ0n) is 13.4. The molecule has 0 radical (unpaired) electrons. The third-order valence-electron chi connectivity index (χ3n) is 3.52. The molecule has 110 valence electrons. The summed E-state index contributed by atoms with van der Waals surface area (Å²) in [7, 11) is 0. The van der Waals surface area contributed by atoms with Crippen LogP contribution in [0, 0.1) is 5.92 Å². The van der Waals surface area contributed by atoms with Crippen LogP contribution in [0.2, 0.25) is 0 Å². The van der Waals surface area contributed by atoms with Gasteiger partial charge in [-0.3, -0.25) is 0 Å². The molecule has 0 N–H and O–H groups in total. The monoisotopic (exact) mass is 263 g/mol. The van der Waals surface area contributed by atoms with Gasteiger partial charge in [0.1, 0.15) is 0 Å². The van der Waals surface area contributed by atoms with Gasteiger partial charge in [0, 0.05) is 0 Å². The predicted octanol–water partition coefficient (Wildman–Crippen LogP) is 5.23. The highest BCUT2D eigenvalue weighted by atomic mass is 15.1. The van der Waals surface area contributed by atoms with Gasteiger partial charge in [0.15, 0.2) is 0 Å². The van der Waals surface area contributed by atoms with Crippen LogP contribution in [0.15, 0.2) is 36.4 Å². The van der Waals surface area contributed by atoms with Gasteiger partial charge in [-0.25, -0.2) is 0 Å². The van der Waals surface area contributed by atoms with Gasteiger partial charge in [-0.15, -0.1) is 0 Å². The van der Waals surface area contributed by atoms with Crippen molar-refractivity contribution in [1.82, 2.24) is 4.90 Å². The molecular weight excluding hydrogens is 230 g/mol. The normalized spacial score (nSPS) is 15.8. The van der Waals surface area contributed by atoms with E-state index in [-0.39, 0.29) is 0 Å². The zero-order valence-corrected chi connectivity index (χ0v) is 13.4. The van der Waals surface area contributed by atoms with Crippen molar-refractivity contribution >= 4 is 0 Å². The van der Waals surface area contributed by atoms with Gasteiger partial charge in [0.2, 0.25) is 0 Å². The van der Waals surface area contributed by atoms with Gasteiger partial charge in [-0.2, -0.15) is 0 Å². The maximum absolute atomic E-state index is 2.56. The summed E-state index contributed by atoms with van der Waals surface area (Å²) in [5.41, 5.74) is 0. The van der Waals surface area contributed by atoms with Gasteiger partial charge in [0.05, 0.1) is 0 Å². The van der Waals surface area contributed by atoms with Crippen molar-refractivity contribution in [2.75, 3.05) is 19.6 Å². The molecule has 0 atom stereocenters. The highest BCUT2D eigenvalue weighted by Crippen LogP contribution is 2.20. The van der Waals surface area contributed by atoms with Crippen molar-refractivity contribution in [2.24, 2.45) is 5.92 Å². The second kappa shape index (κ2) is 13.6. The smallest absolute Gasteiger partial charge is 0.00162 e. The first-order valence-electron chi connectivity index (χ1n) is 8.09. The van der Waals surface area contributed by atoms with Crippen molar-refractivity contribution in [3.63, 3.8) is 0 Å². The quantitative estimate of drug-likeness (QED) is 0.721. The number of rotatable bonds is 3. The molecule has 1 aromatic carbocycles. The summed E-state index contributed by atoms with van der Waals surface area (Å²) in [6.07, 6.45) is 5.72. The highest BCUT2D eigenvalue weighted by molar-refractivity contribution is 4.99. The predicted molar refractivity (Wildman–Crippen MR) is 87.5 cm³/mol. The molecule has 2 rings (SSSR count). The van der Waals surface area contributed by atoms with E-state index in [1.165, 1.54) is 45.3 Å². The van der Waals surface area contributed by atoms with Crippen LogP contribution >= 0.6 is 0 Å². The summed E-state index contributed by atoms with van der Waals surface area (Å²) < 4.78 is 0. The molecule has 0 aromatic heterocycles. The fraction of sp³-hybridized carbons (Fsp3) is 0.667. The van der Waals surface area contributed by atoms with E-state index in [9.17, 15) is 0 Å². The lowest BCUT2D eigenvalue weighted by atomic mass is 9.93. The molecule has 0 unspecified atom stereocenters. The Labute approximate surface area is 121 Å². The summed E-state index contributed by atoms with van der Waals surface area (Å²) >= 11 is 0. The molecular formula is C18H33N. The van der Waals surface area contributed by atoms with E-state index in [1.807, 2.05) is 50.2 Å². The minimum Gasteiger partial charge on any atom is -0.304 e. The van der Waals surface area contributed by atoms with Crippen molar-refractivity contribution < 1.29 is 0 Å². The number of likely N-dealkylation sites (tertiary alicyclic amines) is 1. The molecule has 0 saturated carbocycles. The van der Waals surface area contributed by atoms with E-state index in [1.54, 1.807) is 0 Å². The van der Waals surface area contributed by atoms with Gasteiger partial charge in [-0.05, 0) is 38.4 Å². The fourth-order valence-corrected chi connectivity index (χ4v) is 2.38. The topological polar surface area (TPSA) is 3.24 Å². The van der Waals surface area contributed by atoms with Crippen LogP contribution in [0.3, 0.4) is 0 Å². The van der Waals surface area contributed by atoms with E-state index in [4.69, 9.17) is 0 Å². The van der Waals surface area contributed by atoms with Gasteiger partial charge in [0.25, 0.3) is 0 Å². The third kappa shape index (κ3) is 9.72. The number of hydrogen-bond donors (Lipinski definition) is 0. The van der Waals surface area contributed by atoms with Crippen LogP contribution in [-0.4, -0.2) is 24.5 Å². The maximum Gasteiger partial charge on any atom is -0.00162 e. The third-order valence-corrected chi connectivity index (χ3v) is 3.52. The minimum atomic E-state index is 1.04. The molecule has 0 spiro atoms. The van der Waals surface area contributed by atoms with Crippen LogP contribution in [0.4, 0.5) is 0 Å². The molecule has 1 heteroatoms. The number of hydrogen-bond acceptors (Lipinski definition) is 1. The molecule has 1 saturated heterocycles. The molecule has 19 heavy (non-hydrogen) atoms. The lowest BCUT2D eigenvalue weighted by Crippen LogP contribution is -2.33. The Hall–Kier alpha value is -0.820. The number of piperidine rings is 1. The first kappa shape index (κ1) is 18.2. The molecule has 0 amide bonds. The Morgan fingerprint density at radius 3 is 1.58 bits per heavy atom. The van der Waals surface area contributed by atoms with Crippen LogP contribution in [-0.2, 0) is 0 Å². The van der Waals surface area contributed by atoms with Gasteiger partial charge >= 0.3 is 0 Å². The summed E-state index contributed by atoms with van der Waals surface area (Å²) in [6, 6.07) is 12.0. The summed E-state index contributed by atoms with van der Waals surface area (Å²) in [6.45, 7) is 12.5. The highest BCUT2D eigenvalue weighted by Gasteiger charge is 2.16. The van der Waals surface area contributed by atoms with Crippen LogP contribution in [0.25, 0.3) is 0 Å². The maximum atomic E-state index is 2.56. The Kier molecular flexibility index (Phi) is 13.0. The summed E-state index contributed by atoms with van der Waals surface area (Å²) in [5, 5.41) is 0. The molecule has 1 nitrogen and oxygen atoms in total. The Morgan fingerprint density at radius 1 is 0.842 bits per heavy atom. The molecule has 0 aliphatic carbocycles. The Balaban J connectivity index is 0.000000341. The van der Waals surface area contributed by atoms with E-state index < -0.39 is 0 Å². The second-order valence-corrected chi connectivity index (χ2v) is 4.82. The van der Waals surface area contributed by atoms with Crippen LogP contribution in [0.1, 0.15) is 53.4 Å². The van der Waals surface area contributed by atoms with Crippen LogP contribution in [0.5, 0.6) is 0 Å². The average Bonchev–Trinajstić information content (AvgIpc) is 2.53. The van der Waals surface area contributed by atoms with E-state index in [2.05, 4.69) is 18.7 Å². The molecule has 1 heterocycles. The molecule has 1 aliphatic rings. The van der Waals surface area contributed by atoms with E-state index in [0.717, 1.165) is 5.92 Å². The van der Waals surface area contributed by atoms with Crippen molar-refractivity contribution in [2.45, 2.75) is 53.4 Å².